The smallest absolute Gasteiger partial charge is 0.125 e. The molecule has 1 atom stereocenters. The molecule has 3 heteroatoms. The van der Waals surface area contributed by atoms with Crippen LogP contribution in [0.5, 0.6) is 5.75 Å². The summed E-state index contributed by atoms with van der Waals surface area (Å²) in [6.07, 6.45) is 2.09. The SMILES string of the molecule is COc1ccccc1C(O)(CN)C1CC1. The van der Waals surface area contributed by atoms with Crippen LogP contribution in [0, 0.1) is 5.92 Å². The van der Waals surface area contributed by atoms with Crippen LogP contribution in [-0.4, -0.2) is 18.8 Å². The average Bonchev–Trinajstić information content (AvgIpc) is 3.12. The number of aliphatic hydroxyl groups is 1. The van der Waals surface area contributed by atoms with Crippen LogP contribution in [-0.2, 0) is 5.60 Å². The quantitative estimate of drug-likeness (QED) is 0.781. The minimum absolute atomic E-state index is 0.248. The average molecular weight is 207 g/mol. The highest BCUT2D eigenvalue weighted by Gasteiger charge is 2.45. The Morgan fingerprint density at radius 1 is 1.47 bits per heavy atom. The van der Waals surface area contributed by atoms with Crippen LogP contribution in [0.25, 0.3) is 0 Å². The highest BCUT2D eigenvalue weighted by molar-refractivity contribution is 5.39. The van der Waals surface area contributed by atoms with Gasteiger partial charge >= 0.3 is 0 Å². The molecule has 1 aliphatic carbocycles. The van der Waals surface area contributed by atoms with Gasteiger partial charge in [0.05, 0.1) is 7.11 Å². The van der Waals surface area contributed by atoms with Gasteiger partial charge in [-0.25, -0.2) is 0 Å². The van der Waals surface area contributed by atoms with Crippen molar-refractivity contribution in [2.45, 2.75) is 18.4 Å². The van der Waals surface area contributed by atoms with Crippen molar-refractivity contribution in [2.24, 2.45) is 11.7 Å². The van der Waals surface area contributed by atoms with Crippen LogP contribution in [0.1, 0.15) is 18.4 Å². The Morgan fingerprint density at radius 3 is 2.67 bits per heavy atom. The first-order chi connectivity index (χ1) is 7.22. The fourth-order valence-electron chi connectivity index (χ4n) is 2.06. The summed E-state index contributed by atoms with van der Waals surface area (Å²) in [6.45, 7) is 0.248. The van der Waals surface area contributed by atoms with E-state index in [0.717, 1.165) is 24.2 Å². The van der Waals surface area contributed by atoms with Crippen molar-refractivity contribution < 1.29 is 9.84 Å². The summed E-state index contributed by atoms with van der Waals surface area (Å²) in [7, 11) is 1.61. The molecule has 1 unspecified atom stereocenters. The molecular formula is C12H17NO2. The maximum absolute atomic E-state index is 10.5. The second-order valence-electron chi connectivity index (χ2n) is 4.10. The van der Waals surface area contributed by atoms with E-state index in [4.69, 9.17) is 10.5 Å². The molecule has 3 nitrogen and oxygen atoms in total. The minimum atomic E-state index is -0.910. The van der Waals surface area contributed by atoms with E-state index in [1.807, 2.05) is 24.3 Å². The first-order valence-corrected chi connectivity index (χ1v) is 5.28. The lowest BCUT2D eigenvalue weighted by Crippen LogP contribution is -2.37. The van der Waals surface area contributed by atoms with E-state index in [1.165, 1.54) is 0 Å². The monoisotopic (exact) mass is 207 g/mol. The Hall–Kier alpha value is -1.06. The highest BCUT2D eigenvalue weighted by Crippen LogP contribution is 2.47. The van der Waals surface area contributed by atoms with Crippen molar-refractivity contribution in [3.05, 3.63) is 29.8 Å². The topological polar surface area (TPSA) is 55.5 Å². The maximum Gasteiger partial charge on any atom is 0.125 e. The van der Waals surface area contributed by atoms with Crippen LogP contribution >= 0.6 is 0 Å². The predicted octanol–water partition coefficient (Wildman–Crippen LogP) is 1.25. The van der Waals surface area contributed by atoms with Crippen molar-refractivity contribution in [3.63, 3.8) is 0 Å². The number of para-hydroxylation sites is 1. The van der Waals surface area contributed by atoms with Gasteiger partial charge in [-0.15, -0.1) is 0 Å². The Kier molecular flexibility index (Phi) is 2.67. The molecule has 0 spiro atoms. The number of methoxy groups -OCH3 is 1. The van der Waals surface area contributed by atoms with Gasteiger partial charge in [0, 0.05) is 12.1 Å². The van der Waals surface area contributed by atoms with E-state index in [1.54, 1.807) is 7.11 Å². The highest BCUT2D eigenvalue weighted by atomic mass is 16.5. The van der Waals surface area contributed by atoms with Crippen molar-refractivity contribution in [2.75, 3.05) is 13.7 Å². The van der Waals surface area contributed by atoms with E-state index in [-0.39, 0.29) is 6.54 Å². The van der Waals surface area contributed by atoms with Crippen LogP contribution in [0.15, 0.2) is 24.3 Å². The van der Waals surface area contributed by atoms with Gasteiger partial charge in [0.25, 0.3) is 0 Å². The van der Waals surface area contributed by atoms with Gasteiger partial charge in [-0.1, -0.05) is 18.2 Å². The van der Waals surface area contributed by atoms with Crippen LogP contribution < -0.4 is 10.5 Å². The first kappa shape index (κ1) is 10.5. The zero-order valence-electron chi connectivity index (χ0n) is 8.94. The summed E-state index contributed by atoms with van der Waals surface area (Å²) < 4.78 is 5.26. The number of ether oxygens (including phenoxy) is 1. The Balaban J connectivity index is 2.41. The summed E-state index contributed by atoms with van der Waals surface area (Å²) in [5.74, 6) is 1.01. The van der Waals surface area contributed by atoms with E-state index in [0.29, 0.717) is 5.92 Å². The lowest BCUT2D eigenvalue weighted by Gasteiger charge is -2.28. The fourth-order valence-corrected chi connectivity index (χ4v) is 2.06. The molecule has 1 aliphatic rings. The molecule has 0 radical (unpaired) electrons. The Bertz CT molecular complexity index is 349. The van der Waals surface area contributed by atoms with E-state index in [9.17, 15) is 5.11 Å². The summed E-state index contributed by atoms with van der Waals surface area (Å²) >= 11 is 0. The minimum Gasteiger partial charge on any atom is -0.496 e. The van der Waals surface area contributed by atoms with Crippen molar-refractivity contribution in [1.29, 1.82) is 0 Å². The molecule has 82 valence electrons. The molecule has 0 heterocycles. The molecule has 0 amide bonds. The molecule has 3 N–H and O–H groups in total. The van der Waals surface area contributed by atoms with Gasteiger partial charge in [0.2, 0.25) is 0 Å². The summed E-state index contributed by atoms with van der Waals surface area (Å²) in [4.78, 5) is 0. The Labute approximate surface area is 89.9 Å². The van der Waals surface area contributed by atoms with Crippen molar-refractivity contribution in [1.82, 2.24) is 0 Å². The standard InChI is InChI=1S/C12H17NO2/c1-15-11-5-3-2-4-10(11)12(14,8-13)9-6-7-9/h2-5,9,14H,6-8,13H2,1H3. The van der Waals surface area contributed by atoms with Gasteiger partial charge in [-0.2, -0.15) is 0 Å². The molecule has 0 aliphatic heterocycles. The zero-order valence-corrected chi connectivity index (χ0v) is 8.94. The molecular weight excluding hydrogens is 190 g/mol. The van der Waals surface area contributed by atoms with Gasteiger partial charge < -0.3 is 15.6 Å². The molecule has 0 aromatic heterocycles. The molecule has 1 saturated carbocycles. The number of benzene rings is 1. The molecule has 1 fully saturated rings. The van der Waals surface area contributed by atoms with Crippen LogP contribution in [0.3, 0.4) is 0 Å². The normalized spacial score (nSPS) is 19.7. The second-order valence-corrected chi connectivity index (χ2v) is 4.10. The van der Waals surface area contributed by atoms with E-state index >= 15 is 0 Å². The molecule has 2 rings (SSSR count). The Morgan fingerprint density at radius 2 is 2.13 bits per heavy atom. The maximum atomic E-state index is 10.5. The van der Waals surface area contributed by atoms with Gasteiger partial charge in [0.1, 0.15) is 11.4 Å². The van der Waals surface area contributed by atoms with Crippen LogP contribution in [0.4, 0.5) is 0 Å². The third kappa shape index (κ3) is 1.73. The fraction of sp³-hybridized carbons (Fsp3) is 0.500. The third-order valence-corrected chi connectivity index (χ3v) is 3.14. The summed E-state index contributed by atoms with van der Waals surface area (Å²) in [6, 6.07) is 7.55. The largest absolute Gasteiger partial charge is 0.496 e. The molecule has 15 heavy (non-hydrogen) atoms. The number of rotatable bonds is 4. The summed E-state index contributed by atoms with van der Waals surface area (Å²) in [5, 5.41) is 10.5. The van der Waals surface area contributed by atoms with Crippen molar-refractivity contribution >= 4 is 0 Å². The predicted molar refractivity (Wildman–Crippen MR) is 58.7 cm³/mol. The third-order valence-electron chi connectivity index (χ3n) is 3.14. The lowest BCUT2D eigenvalue weighted by atomic mass is 9.88. The van der Waals surface area contributed by atoms with Gasteiger partial charge in [-0.3, -0.25) is 0 Å². The number of hydrogen-bond acceptors (Lipinski definition) is 3. The molecule has 1 aromatic carbocycles. The first-order valence-electron chi connectivity index (χ1n) is 5.28. The summed E-state index contributed by atoms with van der Waals surface area (Å²) in [5.41, 5.74) is 5.61. The zero-order chi connectivity index (χ0) is 10.9. The van der Waals surface area contributed by atoms with E-state index in [2.05, 4.69) is 0 Å². The number of nitrogens with two attached hydrogens (primary N) is 1. The van der Waals surface area contributed by atoms with Gasteiger partial charge in [-0.05, 0) is 24.8 Å². The van der Waals surface area contributed by atoms with Gasteiger partial charge in [0.15, 0.2) is 0 Å². The molecule has 1 aromatic rings. The van der Waals surface area contributed by atoms with E-state index < -0.39 is 5.60 Å². The van der Waals surface area contributed by atoms with Crippen LogP contribution in [0.2, 0.25) is 0 Å². The number of hydrogen-bond donors (Lipinski definition) is 2. The lowest BCUT2D eigenvalue weighted by molar-refractivity contribution is 0.0200. The molecule has 0 bridgehead atoms. The van der Waals surface area contributed by atoms with Crippen molar-refractivity contribution in [3.8, 4) is 5.75 Å². The molecule has 0 saturated heterocycles. The second kappa shape index (κ2) is 3.83.